The summed E-state index contributed by atoms with van der Waals surface area (Å²) in [6.07, 6.45) is 4.81. The third kappa shape index (κ3) is 2.91. The standard InChI is InChI=1S/C27H24Si/c1-18-16-20-10-6-8-14-23(20)25(18)27(28-22-12-4-3-5-13-22)26-19(2)17-21-11-7-9-15-24(21)26/h3-17,25-27H,1-2H3. The number of allylic oxidation sites excluding steroid dienone is 2. The molecule has 0 N–H and O–H groups in total. The van der Waals surface area contributed by atoms with E-state index in [1.165, 1.54) is 38.6 Å². The lowest BCUT2D eigenvalue weighted by Crippen LogP contribution is -2.28. The van der Waals surface area contributed by atoms with Crippen LogP contribution in [0.2, 0.25) is 5.54 Å². The molecular weight excluding hydrogens is 352 g/mol. The second kappa shape index (κ2) is 7.07. The predicted molar refractivity (Wildman–Crippen MR) is 121 cm³/mol. The third-order valence-corrected chi connectivity index (χ3v) is 7.90. The zero-order valence-corrected chi connectivity index (χ0v) is 17.4. The van der Waals surface area contributed by atoms with Gasteiger partial charge in [0, 0.05) is 11.8 Å². The maximum absolute atomic E-state index is 2.41. The first-order chi connectivity index (χ1) is 13.7. The van der Waals surface area contributed by atoms with E-state index >= 15 is 0 Å². The lowest BCUT2D eigenvalue weighted by molar-refractivity contribution is 0.637. The number of benzene rings is 3. The highest BCUT2D eigenvalue weighted by atomic mass is 28.2. The summed E-state index contributed by atoms with van der Waals surface area (Å²) in [4.78, 5) is 0. The molecule has 0 heterocycles. The van der Waals surface area contributed by atoms with Gasteiger partial charge in [-0.1, -0.05) is 107 Å². The van der Waals surface area contributed by atoms with Crippen LogP contribution in [0.5, 0.6) is 0 Å². The first-order valence-electron chi connectivity index (χ1n) is 10.1. The van der Waals surface area contributed by atoms with Crippen molar-refractivity contribution >= 4 is 26.9 Å². The minimum absolute atomic E-state index is 0.481. The Morgan fingerprint density at radius 2 is 1.07 bits per heavy atom. The summed E-state index contributed by atoms with van der Waals surface area (Å²) in [7, 11) is 0.778. The normalized spacial score (nSPS) is 20.9. The van der Waals surface area contributed by atoms with Gasteiger partial charge in [0.05, 0.1) is 9.52 Å². The van der Waals surface area contributed by atoms with Crippen molar-refractivity contribution < 1.29 is 0 Å². The Morgan fingerprint density at radius 3 is 1.61 bits per heavy atom. The summed E-state index contributed by atoms with van der Waals surface area (Å²) in [5.74, 6) is 0.962. The third-order valence-electron chi connectivity index (χ3n) is 6.23. The highest BCUT2D eigenvalue weighted by Crippen LogP contribution is 2.53. The molecular formula is C27H24Si. The summed E-state index contributed by atoms with van der Waals surface area (Å²) >= 11 is 0. The van der Waals surface area contributed by atoms with Crippen molar-refractivity contribution in [3.05, 3.63) is 112 Å². The van der Waals surface area contributed by atoms with E-state index in [1.54, 1.807) is 0 Å². The molecule has 2 aliphatic rings. The SMILES string of the molecule is CC1=Cc2ccccc2C1C([Si]c1ccccc1)C1C(C)=Cc2ccccc21. The second-order valence-electron chi connectivity index (χ2n) is 8.03. The van der Waals surface area contributed by atoms with E-state index in [1.807, 2.05) is 0 Å². The first-order valence-corrected chi connectivity index (χ1v) is 11.2. The van der Waals surface area contributed by atoms with Crippen LogP contribution >= 0.6 is 0 Å². The lowest BCUT2D eigenvalue weighted by Gasteiger charge is -2.33. The Kier molecular flexibility index (Phi) is 4.41. The maximum atomic E-state index is 2.41. The van der Waals surface area contributed by atoms with Crippen molar-refractivity contribution in [3.8, 4) is 0 Å². The molecule has 28 heavy (non-hydrogen) atoms. The summed E-state index contributed by atoms with van der Waals surface area (Å²) < 4.78 is 0. The van der Waals surface area contributed by atoms with E-state index in [2.05, 4.69) is 105 Å². The monoisotopic (exact) mass is 376 g/mol. The quantitative estimate of drug-likeness (QED) is 0.475. The minimum Gasteiger partial charge on any atom is -0.0652 e. The van der Waals surface area contributed by atoms with Gasteiger partial charge in [-0.25, -0.2) is 0 Å². The Labute approximate surface area is 170 Å². The van der Waals surface area contributed by atoms with Gasteiger partial charge in [0.1, 0.15) is 0 Å². The number of hydrogen-bond acceptors (Lipinski definition) is 0. The zero-order chi connectivity index (χ0) is 19.1. The van der Waals surface area contributed by atoms with Crippen LogP contribution < -0.4 is 5.19 Å². The van der Waals surface area contributed by atoms with Crippen LogP contribution in [-0.4, -0.2) is 9.52 Å². The molecule has 0 spiro atoms. The highest BCUT2D eigenvalue weighted by molar-refractivity contribution is 6.55. The number of hydrogen-bond donors (Lipinski definition) is 0. The molecule has 0 nitrogen and oxygen atoms in total. The number of fused-ring (bicyclic) bond motifs is 2. The van der Waals surface area contributed by atoms with E-state index in [9.17, 15) is 0 Å². The Bertz CT molecular complexity index is 1010. The van der Waals surface area contributed by atoms with Crippen molar-refractivity contribution in [2.24, 2.45) is 0 Å². The number of rotatable bonds is 4. The highest BCUT2D eigenvalue weighted by Gasteiger charge is 2.39. The molecule has 3 aromatic rings. The lowest BCUT2D eigenvalue weighted by atomic mass is 9.81. The summed E-state index contributed by atoms with van der Waals surface area (Å²) in [6.45, 7) is 4.65. The molecule has 5 rings (SSSR count). The van der Waals surface area contributed by atoms with Gasteiger partial charge >= 0.3 is 0 Å². The molecule has 136 valence electrons. The first kappa shape index (κ1) is 17.5. The molecule has 0 fully saturated rings. The van der Waals surface area contributed by atoms with Crippen LogP contribution in [0.3, 0.4) is 0 Å². The van der Waals surface area contributed by atoms with Crippen LogP contribution in [0.4, 0.5) is 0 Å². The van der Waals surface area contributed by atoms with Gasteiger partial charge in [0.25, 0.3) is 0 Å². The fourth-order valence-corrected chi connectivity index (χ4v) is 7.04. The van der Waals surface area contributed by atoms with Gasteiger partial charge in [0.15, 0.2) is 0 Å². The molecule has 0 bridgehead atoms. The summed E-state index contributed by atoms with van der Waals surface area (Å²) in [5.41, 5.74) is 9.37. The molecule has 0 saturated carbocycles. The van der Waals surface area contributed by atoms with E-state index in [-0.39, 0.29) is 0 Å². The summed E-state index contributed by atoms with van der Waals surface area (Å²) in [6, 6.07) is 29.0. The molecule has 0 aliphatic heterocycles. The Balaban J connectivity index is 1.63. The van der Waals surface area contributed by atoms with Crippen LogP contribution in [0, 0.1) is 0 Å². The summed E-state index contributed by atoms with van der Waals surface area (Å²) in [5, 5.41) is 1.46. The molecule has 3 aromatic carbocycles. The van der Waals surface area contributed by atoms with Gasteiger partial charge < -0.3 is 0 Å². The second-order valence-corrected chi connectivity index (χ2v) is 9.56. The van der Waals surface area contributed by atoms with Crippen molar-refractivity contribution in [2.45, 2.75) is 31.2 Å². The van der Waals surface area contributed by atoms with Crippen LogP contribution in [0.25, 0.3) is 12.2 Å². The van der Waals surface area contributed by atoms with Gasteiger partial charge in [-0.2, -0.15) is 0 Å². The predicted octanol–water partition coefficient (Wildman–Crippen LogP) is 6.21. The molecule has 0 aromatic heterocycles. The molecule has 0 amide bonds. The average Bonchev–Trinajstić information content (AvgIpc) is 3.22. The van der Waals surface area contributed by atoms with E-state index in [0.29, 0.717) is 17.4 Å². The average molecular weight is 377 g/mol. The van der Waals surface area contributed by atoms with Gasteiger partial charge in [-0.05, 0) is 41.6 Å². The van der Waals surface area contributed by atoms with E-state index < -0.39 is 0 Å². The molecule has 1 heteroatoms. The zero-order valence-electron chi connectivity index (χ0n) is 16.4. The topological polar surface area (TPSA) is 0 Å². The molecule has 2 unspecified atom stereocenters. The fraction of sp³-hybridized carbons (Fsp3) is 0.185. The largest absolute Gasteiger partial charge is 0.0861 e. The van der Waals surface area contributed by atoms with Gasteiger partial charge in [0.2, 0.25) is 0 Å². The molecule has 2 radical (unpaired) electrons. The van der Waals surface area contributed by atoms with E-state index in [4.69, 9.17) is 0 Å². The maximum Gasteiger partial charge on any atom is 0.0861 e. The van der Waals surface area contributed by atoms with Crippen LogP contribution in [-0.2, 0) is 0 Å². The smallest absolute Gasteiger partial charge is 0.0652 e. The van der Waals surface area contributed by atoms with Gasteiger partial charge in [-0.3, -0.25) is 0 Å². The Morgan fingerprint density at radius 1 is 0.607 bits per heavy atom. The molecule has 2 atom stereocenters. The van der Waals surface area contributed by atoms with Crippen molar-refractivity contribution in [1.29, 1.82) is 0 Å². The molecule has 0 saturated heterocycles. The fourth-order valence-electron chi connectivity index (χ4n) is 5.05. The van der Waals surface area contributed by atoms with Crippen molar-refractivity contribution in [1.82, 2.24) is 0 Å². The Hall–Kier alpha value is -2.64. The molecule has 2 aliphatic carbocycles. The van der Waals surface area contributed by atoms with Crippen LogP contribution in [0.1, 0.15) is 47.9 Å². The van der Waals surface area contributed by atoms with E-state index in [0.717, 1.165) is 9.52 Å². The minimum atomic E-state index is 0.481. The van der Waals surface area contributed by atoms with Crippen LogP contribution in [0.15, 0.2) is 90.0 Å². The van der Waals surface area contributed by atoms with Crippen molar-refractivity contribution in [2.75, 3.05) is 0 Å². The van der Waals surface area contributed by atoms with Gasteiger partial charge in [-0.15, -0.1) is 0 Å². The van der Waals surface area contributed by atoms with Crippen molar-refractivity contribution in [3.63, 3.8) is 0 Å².